The second-order valence-corrected chi connectivity index (χ2v) is 6.34. The van der Waals surface area contributed by atoms with E-state index in [1.807, 2.05) is 0 Å². The average molecular weight is 356 g/mol. The number of nitrogens with zero attached hydrogens (tertiary/aromatic N) is 2. The molecule has 0 aliphatic carbocycles. The zero-order valence-corrected chi connectivity index (χ0v) is 13.9. The van der Waals surface area contributed by atoms with Gasteiger partial charge in [-0.05, 0) is 18.2 Å². The maximum atomic E-state index is 13.8. The summed E-state index contributed by atoms with van der Waals surface area (Å²) in [5.41, 5.74) is 0.991. The van der Waals surface area contributed by atoms with Crippen molar-refractivity contribution < 1.29 is 9.18 Å². The van der Waals surface area contributed by atoms with Gasteiger partial charge in [0.05, 0.1) is 5.02 Å². The molecule has 0 unspecified atom stereocenters. The molecule has 1 amide bonds. The van der Waals surface area contributed by atoms with Crippen molar-refractivity contribution in [3.05, 3.63) is 57.6 Å². The van der Waals surface area contributed by atoms with Gasteiger partial charge in [0.2, 0.25) is 0 Å². The van der Waals surface area contributed by atoms with E-state index >= 15 is 0 Å². The summed E-state index contributed by atoms with van der Waals surface area (Å²) in [5.74, 6) is -0.363. The second-order valence-electron chi connectivity index (χ2n) is 5.50. The highest BCUT2D eigenvalue weighted by molar-refractivity contribution is 6.31. The highest BCUT2D eigenvalue weighted by Gasteiger charge is 2.24. The van der Waals surface area contributed by atoms with Gasteiger partial charge in [0.15, 0.2) is 0 Å². The molecule has 23 heavy (non-hydrogen) atoms. The smallest absolute Gasteiger partial charge is 0.270 e. The van der Waals surface area contributed by atoms with Crippen LogP contribution in [0.2, 0.25) is 10.0 Å². The van der Waals surface area contributed by atoms with Gasteiger partial charge in [-0.3, -0.25) is 9.69 Å². The lowest BCUT2D eigenvalue weighted by Crippen LogP contribution is -2.48. The number of halogens is 3. The van der Waals surface area contributed by atoms with Gasteiger partial charge in [0.25, 0.3) is 5.91 Å². The van der Waals surface area contributed by atoms with Crippen LogP contribution in [0.15, 0.2) is 30.5 Å². The third-order valence-electron chi connectivity index (χ3n) is 3.98. The molecule has 1 N–H and O–H groups in total. The Morgan fingerprint density at radius 2 is 1.96 bits per heavy atom. The molecule has 2 heterocycles. The number of aromatic nitrogens is 1. The second kappa shape index (κ2) is 6.91. The molecule has 1 aliphatic heterocycles. The van der Waals surface area contributed by atoms with Gasteiger partial charge in [0, 0.05) is 49.5 Å². The number of nitrogens with one attached hydrogen (secondary N) is 1. The number of aromatic amines is 1. The maximum Gasteiger partial charge on any atom is 0.270 e. The van der Waals surface area contributed by atoms with Gasteiger partial charge in [-0.1, -0.05) is 29.3 Å². The van der Waals surface area contributed by atoms with E-state index in [1.165, 1.54) is 6.07 Å². The topological polar surface area (TPSA) is 39.3 Å². The molecule has 0 spiro atoms. The van der Waals surface area contributed by atoms with Crippen LogP contribution in [-0.2, 0) is 6.54 Å². The van der Waals surface area contributed by atoms with Crippen LogP contribution in [0.3, 0.4) is 0 Å². The van der Waals surface area contributed by atoms with Crippen LogP contribution in [0.5, 0.6) is 0 Å². The van der Waals surface area contributed by atoms with Gasteiger partial charge in [-0.25, -0.2) is 4.39 Å². The minimum Gasteiger partial charge on any atom is -0.356 e. The van der Waals surface area contributed by atoms with Crippen molar-refractivity contribution in [2.24, 2.45) is 0 Å². The van der Waals surface area contributed by atoms with E-state index in [9.17, 15) is 9.18 Å². The largest absolute Gasteiger partial charge is 0.356 e. The van der Waals surface area contributed by atoms with E-state index < -0.39 is 0 Å². The molecule has 1 saturated heterocycles. The zero-order valence-electron chi connectivity index (χ0n) is 12.4. The number of carbonyl (C=O) groups excluding carboxylic acids is 1. The maximum absolute atomic E-state index is 13.8. The molecule has 7 heteroatoms. The van der Waals surface area contributed by atoms with Gasteiger partial charge >= 0.3 is 0 Å². The highest BCUT2D eigenvalue weighted by Crippen LogP contribution is 2.21. The zero-order chi connectivity index (χ0) is 16.4. The normalized spacial score (nSPS) is 15.9. The summed E-state index contributed by atoms with van der Waals surface area (Å²) in [4.78, 5) is 19.0. The van der Waals surface area contributed by atoms with Crippen molar-refractivity contribution in [3.8, 4) is 0 Å². The van der Waals surface area contributed by atoms with Crippen molar-refractivity contribution in [3.63, 3.8) is 0 Å². The number of H-pyrrole nitrogens is 1. The van der Waals surface area contributed by atoms with Crippen LogP contribution < -0.4 is 0 Å². The minimum atomic E-state index is -0.294. The molecular weight excluding hydrogens is 340 g/mol. The highest BCUT2D eigenvalue weighted by atomic mass is 35.5. The molecule has 0 saturated carbocycles. The van der Waals surface area contributed by atoms with Crippen LogP contribution in [-0.4, -0.2) is 46.9 Å². The lowest BCUT2D eigenvalue weighted by atomic mass is 10.1. The Hall–Kier alpha value is -1.56. The fourth-order valence-electron chi connectivity index (χ4n) is 2.68. The molecule has 1 fully saturated rings. The van der Waals surface area contributed by atoms with Crippen LogP contribution in [0.1, 0.15) is 16.1 Å². The molecular formula is C16H16Cl2FN3O. The Labute approximate surface area is 143 Å². The van der Waals surface area contributed by atoms with Crippen LogP contribution in [0, 0.1) is 5.82 Å². The average Bonchev–Trinajstić information content (AvgIpc) is 2.97. The number of benzene rings is 1. The van der Waals surface area contributed by atoms with E-state index in [0.29, 0.717) is 54.0 Å². The van der Waals surface area contributed by atoms with Crippen molar-refractivity contribution >= 4 is 29.1 Å². The number of carbonyl (C=O) groups is 1. The van der Waals surface area contributed by atoms with Gasteiger partial charge in [-0.2, -0.15) is 0 Å². The first-order valence-electron chi connectivity index (χ1n) is 7.33. The quantitative estimate of drug-likeness (QED) is 0.916. The van der Waals surface area contributed by atoms with Crippen molar-refractivity contribution in [1.82, 2.24) is 14.8 Å². The summed E-state index contributed by atoms with van der Waals surface area (Å²) >= 11 is 11.9. The SMILES string of the molecule is O=C(c1cc(Cl)c[nH]1)N1CCN(Cc2c(F)cccc2Cl)CC1. The molecule has 0 bridgehead atoms. The van der Waals surface area contributed by atoms with E-state index in [-0.39, 0.29) is 11.7 Å². The number of hydrogen-bond donors (Lipinski definition) is 1. The predicted molar refractivity (Wildman–Crippen MR) is 88.4 cm³/mol. The Morgan fingerprint density at radius 1 is 1.22 bits per heavy atom. The Bertz CT molecular complexity index is 691. The Balaban J connectivity index is 1.59. The van der Waals surface area contributed by atoms with E-state index in [1.54, 1.807) is 29.3 Å². The summed E-state index contributed by atoms with van der Waals surface area (Å²) in [6, 6.07) is 6.32. The molecule has 0 atom stereocenters. The summed E-state index contributed by atoms with van der Waals surface area (Å²) in [7, 11) is 0. The number of rotatable bonds is 3. The van der Waals surface area contributed by atoms with Gasteiger partial charge < -0.3 is 9.88 Å². The lowest BCUT2D eigenvalue weighted by Gasteiger charge is -2.34. The Kier molecular flexibility index (Phi) is 4.90. The van der Waals surface area contributed by atoms with Crippen molar-refractivity contribution in [2.45, 2.75) is 6.54 Å². The molecule has 1 aliphatic rings. The third-order valence-corrected chi connectivity index (χ3v) is 4.55. The van der Waals surface area contributed by atoms with Gasteiger partial charge in [0.1, 0.15) is 11.5 Å². The van der Waals surface area contributed by atoms with Crippen molar-refractivity contribution in [2.75, 3.05) is 26.2 Å². The Morgan fingerprint density at radius 3 is 2.57 bits per heavy atom. The fraction of sp³-hybridized carbons (Fsp3) is 0.312. The molecule has 122 valence electrons. The number of amides is 1. The molecule has 1 aromatic carbocycles. The molecule has 2 aromatic rings. The first kappa shape index (κ1) is 16.3. The molecule has 0 radical (unpaired) electrons. The van der Waals surface area contributed by atoms with E-state index in [0.717, 1.165) is 0 Å². The predicted octanol–water partition coefficient (Wildman–Crippen LogP) is 3.42. The molecule has 1 aromatic heterocycles. The third kappa shape index (κ3) is 3.68. The lowest BCUT2D eigenvalue weighted by molar-refractivity contribution is 0.0622. The first-order valence-corrected chi connectivity index (χ1v) is 8.08. The fourth-order valence-corrected chi connectivity index (χ4v) is 3.06. The van der Waals surface area contributed by atoms with Crippen molar-refractivity contribution in [1.29, 1.82) is 0 Å². The van der Waals surface area contributed by atoms with E-state index in [4.69, 9.17) is 23.2 Å². The summed E-state index contributed by atoms with van der Waals surface area (Å²) in [6.45, 7) is 2.96. The van der Waals surface area contributed by atoms with E-state index in [2.05, 4.69) is 9.88 Å². The van der Waals surface area contributed by atoms with Crippen LogP contribution in [0.25, 0.3) is 0 Å². The summed E-state index contributed by atoms with van der Waals surface area (Å²) in [5, 5.41) is 0.950. The number of hydrogen-bond acceptors (Lipinski definition) is 2. The summed E-state index contributed by atoms with van der Waals surface area (Å²) < 4.78 is 13.8. The first-order chi connectivity index (χ1) is 11.0. The standard InChI is InChI=1S/C16H16Cl2FN3O/c17-11-8-15(20-9-11)16(23)22-6-4-21(5-7-22)10-12-13(18)2-1-3-14(12)19/h1-3,8-9,20H,4-7,10H2. The summed E-state index contributed by atoms with van der Waals surface area (Å²) in [6.07, 6.45) is 1.59. The van der Waals surface area contributed by atoms with Gasteiger partial charge in [-0.15, -0.1) is 0 Å². The minimum absolute atomic E-state index is 0.0690. The molecule has 4 nitrogen and oxygen atoms in total. The monoisotopic (exact) mass is 355 g/mol. The number of piperazine rings is 1. The van der Waals surface area contributed by atoms with Crippen LogP contribution >= 0.6 is 23.2 Å². The molecule has 3 rings (SSSR count). The van der Waals surface area contributed by atoms with Crippen LogP contribution in [0.4, 0.5) is 4.39 Å².